The Bertz CT molecular complexity index is 1150. The van der Waals surface area contributed by atoms with E-state index in [1.807, 2.05) is 126 Å². The molecule has 0 unspecified atom stereocenters. The highest BCUT2D eigenvalue weighted by atomic mass is 35.5. The summed E-state index contributed by atoms with van der Waals surface area (Å²) in [5, 5.41) is 0.617. The molecule has 2 nitrogen and oxygen atoms in total. The summed E-state index contributed by atoms with van der Waals surface area (Å²) in [7, 11) is 0. The van der Waals surface area contributed by atoms with E-state index >= 15 is 0 Å². The first kappa shape index (κ1) is 21.6. The van der Waals surface area contributed by atoms with Gasteiger partial charge in [-0.3, -0.25) is 4.79 Å². The number of hydrogen-bond acceptors (Lipinski definition) is 1. The predicted molar refractivity (Wildman–Crippen MR) is 133 cm³/mol. The van der Waals surface area contributed by atoms with Gasteiger partial charge in [-0.1, -0.05) is 121 Å². The van der Waals surface area contributed by atoms with Gasteiger partial charge in [0.2, 0.25) is 0 Å². The molecule has 4 rings (SSSR count). The maximum absolute atomic E-state index is 14.0. The first-order valence-electron chi connectivity index (χ1n) is 10.6. The fraction of sp³-hybridized carbons (Fsp3) is 0.0690. The number of halogens is 1. The lowest BCUT2D eigenvalue weighted by Gasteiger charge is -2.25. The smallest absolute Gasteiger partial charge is 0.255 e. The topological polar surface area (TPSA) is 20.3 Å². The number of rotatable bonds is 7. The van der Waals surface area contributed by atoms with E-state index in [0.29, 0.717) is 23.7 Å². The van der Waals surface area contributed by atoms with Crippen molar-refractivity contribution in [2.24, 2.45) is 0 Å². The Morgan fingerprint density at radius 3 is 1.66 bits per heavy atom. The van der Waals surface area contributed by atoms with Crippen LogP contribution in [-0.2, 0) is 17.9 Å². The van der Waals surface area contributed by atoms with Crippen LogP contribution in [0.5, 0.6) is 0 Å². The average Bonchev–Trinajstić information content (AvgIpc) is 2.84. The van der Waals surface area contributed by atoms with Crippen molar-refractivity contribution in [1.29, 1.82) is 0 Å². The van der Waals surface area contributed by atoms with Crippen LogP contribution in [0.2, 0.25) is 5.02 Å². The Hall–Kier alpha value is -3.62. The molecule has 0 heterocycles. The molecular weight excluding hydrogens is 414 g/mol. The standard InChI is InChI=1S/C29H24ClNO/c30-28-19-11-10-18-26(28)20-27(25-16-8-3-9-17-25)29(32)31(21-23-12-4-1-5-13-23)22-24-14-6-2-7-15-24/h1-20H,21-22H2/b27-20+. The molecule has 0 spiro atoms. The largest absolute Gasteiger partial charge is 0.330 e. The highest BCUT2D eigenvalue weighted by molar-refractivity contribution is 6.33. The quantitative estimate of drug-likeness (QED) is 0.223. The van der Waals surface area contributed by atoms with Gasteiger partial charge >= 0.3 is 0 Å². The minimum Gasteiger partial charge on any atom is -0.330 e. The summed E-state index contributed by atoms with van der Waals surface area (Å²) in [6.45, 7) is 1.03. The molecule has 0 radical (unpaired) electrons. The molecule has 0 aliphatic carbocycles. The minimum absolute atomic E-state index is 0.0381. The normalized spacial score (nSPS) is 11.2. The lowest BCUT2D eigenvalue weighted by molar-refractivity contribution is -0.126. The average molecular weight is 438 g/mol. The van der Waals surface area contributed by atoms with Crippen molar-refractivity contribution in [2.45, 2.75) is 13.1 Å². The Labute approximate surface area is 194 Å². The van der Waals surface area contributed by atoms with Gasteiger partial charge in [-0.15, -0.1) is 0 Å². The summed E-state index contributed by atoms with van der Waals surface area (Å²) < 4.78 is 0. The molecule has 0 N–H and O–H groups in total. The molecule has 3 heteroatoms. The molecule has 0 saturated heterocycles. The molecule has 0 aliphatic heterocycles. The second-order valence-electron chi connectivity index (χ2n) is 7.58. The van der Waals surface area contributed by atoms with Gasteiger partial charge in [-0.25, -0.2) is 0 Å². The molecule has 32 heavy (non-hydrogen) atoms. The Morgan fingerprint density at radius 2 is 1.12 bits per heavy atom. The number of carbonyl (C=O) groups excluding carboxylic acids is 1. The monoisotopic (exact) mass is 437 g/mol. The van der Waals surface area contributed by atoms with Crippen molar-refractivity contribution in [3.8, 4) is 0 Å². The summed E-state index contributed by atoms with van der Waals surface area (Å²) in [4.78, 5) is 15.9. The lowest BCUT2D eigenvalue weighted by atomic mass is 10.0. The third-order valence-electron chi connectivity index (χ3n) is 5.24. The van der Waals surface area contributed by atoms with Gasteiger partial charge < -0.3 is 4.90 Å². The minimum atomic E-state index is -0.0381. The zero-order valence-electron chi connectivity index (χ0n) is 17.7. The molecule has 0 saturated carbocycles. The molecule has 0 atom stereocenters. The van der Waals surface area contributed by atoms with Gasteiger partial charge in [-0.2, -0.15) is 0 Å². The van der Waals surface area contributed by atoms with Crippen LogP contribution in [0.3, 0.4) is 0 Å². The zero-order chi connectivity index (χ0) is 22.2. The van der Waals surface area contributed by atoms with Crippen LogP contribution in [0.15, 0.2) is 115 Å². The fourth-order valence-corrected chi connectivity index (χ4v) is 3.80. The zero-order valence-corrected chi connectivity index (χ0v) is 18.5. The van der Waals surface area contributed by atoms with E-state index in [4.69, 9.17) is 11.6 Å². The molecule has 4 aromatic carbocycles. The SMILES string of the molecule is O=C(/C(=C/c1ccccc1Cl)c1ccccc1)N(Cc1ccccc1)Cc1ccccc1. The third kappa shape index (κ3) is 5.54. The van der Waals surface area contributed by atoms with E-state index in [1.165, 1.54) is 0 Å². The van der Waals surface area contributed by atoms with Crippen molar-refractivity contribution < 1.29 is 4.79 Å². The van der Waals surface area contributed by atoms with Gasteiger partial charge in [0.05, 0.1) is 0 Å². The van der Waals surface area contributed by atoms with E-state index in [1.54, 1.807) is 0 Å². The molecule has 1 amide bonds. The van der Waals surface area contributed by atoms with Crippen molar-refractivity contribution in [3.05, 3.63) is 143 Å². The molecule has 0 aliphatic rings. The molecule has 0 bridgehead atoms. The van der Waals surface area contributed by atoms with Crippen molar-refractivity contribution in [3.63, 3.8) is 0 Å². The van der Waals surface area contributed by atoms with Crippen molar-refractivity contribution in [1.82, 2.24) is 4.90 Å². The number of hydrogen-bond donors (Lipinski definition) is 0. The van der Waals surface area contributed by atoms with Gasteiger partial charge in [0.1, 0.15) is 0 Å². The van der Waals surface area contributed by atoms with Crippen LogP contribution in [0.1, 0.15) is 22.3 Å². The molecule has 4 aromatic rings. The summed E-state index contributed by atoms with van der Waals surface area (Å²) >= 11 is 6.43. The number of amides is 1. The molecule has 0 aromatic heterocycles. The first-order chi connectivity index (χ1) is 15.7. The Kier molecular flexibility index (Phi) is 7.16. The lowest BCUT2D eigenvalue weighted by Crippen LogP contribution is -2.30. The van der Waals surface area contributed by atoms with E-state index in [0.717, 1.165) is 22.3 Å². The summed E-state index contributed by atoms with van der Waals surface area (Å²) in [6.07, 6.45) is 1.89. The first-order valence-corrected chi connectivity index (χ1v) is 11.0. The second kappa shape index (κ2) is 10.6. The summed E-state index contributed by atoms with van der Waals surface area (Å²) in [5.74, 6) is -0.0381. The van der Waals surface area contributed by atoms with Crippen LogP contribution >= 0.6 is 11.6 Å². The number of nitrogens with zero attached hydrogens (tertiary/aromatic N) is 1. The van der Waals surface area contributed by atoms with E-state index < -0.39 is 0 Å². The van der Waals surface area contributed by atoms with Gasteiger partial charge in [0.25, 0.3) is 5.91 Å². The fourth-order valence-electron chi connectivity index (χ4n) is 3.61. The van der Waals surface area contributed by atoms with Gasteiger partial charge in [0, 0.05) is 23.7 Å². The maximum Gasteiger partial charge on any atom is 0.255 e. The third-order valence-corrected chi connectivity index (χ3v) is 5.58. The second-order valence-corrected chi connectivity index (χ2v) is 7.99. The highest BCUT2D eigenvalue weighted by Crippen LogP contribution is 2.26. The van der Waals surface area contributed by atoms with E-state index in [9.17, 15) is 4.79 Å². The van der Waals surface area contributed by atoms with Crippen LogP contribution in [0, 0.1) is 0 Å². The summed E-state index contributed by atoms with van der Waals surface area (Å²) in [5.41, 5.74) is 4.47. The van der Waals surface area contributed by atoms with Gasteiger partial charge in [0.15, 0.2) is 0 Å². The van der Waals surface area contributed by atoms with Gasteiger partial charge in [-0.05, 0) is 34.4 Å². The van der Waals surface area contributed by atoms with Crippen LogP contribution < -0.4 is 0 Å². The summed E-state index contributed by atoms with van der Waals surface area (Å²) in [6, 6.07) is 37.5. The number of carbonyl (C=O) groups is 1. The molecular formula is C29H24ClNO. The number of benzene rings is 4. The van der Waals surface area contributed by atoms with E-state index in [-0.39, 0.29) is 5.91 Å². The van der Waals surface area contributed by atoms with Crippen LogP contribution in [0.25, 0.3) is 11.6 Å². The molecule has 158 valence electrons. The Balaban J connectivity index is 1.76. The van der Waals surface area contributed by atoms with Crippen LogP contribution in [0.4, 0.5) is 0 Å². The molecule has 0 fully saturated rings. The van der Waals surface area contributed by atoms with Crippen LogP contribution in [-0.4, -0.2) is 10.8 Å². The van der Waals surface area contributed by atoms with E-state index in [2.05, 4.69) is 0 Å². The Morgan fingerprint density at radius 1 is 0.656 bits per heavy atom. The van der Waals surface area contributed by atoms with Crippen molar-refractivity contribution >= 4 is 29.2 Å². The predicted octanol–water partition coefficient (Wildman–Crippen LogP) is 7.11. The maximum atomic E-state index is 14.0. The van der Waals surface area contributed by atoms with Crippen molar-refractivity contribution in [2.75, 3.05) is 0 Å². The highest BCUT2D eigenvalue weighted by Gasteiger charge is 2.21.